The van der Waals surface area contributed by atoms with Crippen LogP contribution in [0.1, 0.15) is 25.0 Å². The highest BCUT2D eigenvalue weighted by Crippen LogP contribution is 2.41. The first-order chi connectivity index (χ1) is 16.4. The van der Waals surface area contributed by atoms with E-state index in [0.717, 1.165) is 28.5 Å². The van der Waals surface area contributed by atoms with E-state index in [2.05, 4.69) is 4.99 Å². The highest BCUT2D eigenvalue weighted by Gasteiger charge is 2.33. The van der Waals surface area contributed by atoms with Crippen LogP contribution < -0.4 is 5.73 Å². The molecule has 1 amide bonds. The number of aliphatic imine (C=N–C) groups is 1. The Hall–Kier alpha value is -3.78. The average Bonchev–Trinajstić information content (AvgIpc) is 3.31. The van der Waals surface area contributed by atoms with Crippen LogP contribution in [0.25, 0.3) is 17.0 Å². The van der Waals surface area contributed by atoms with Gasteiger partial charge in [0.2, 0.25) is 5.91 Å². The van der Waals surface area contributed by atoms with Gasteiger partial charge in [-0.1, -0.05) is 55.1 Å². The summed E-state index contributed by atoms with van der Waals surface area (Å²) in [6.45, 7) is 3.98. The molecule has 0 spiro atoms. The third-order valence-corrected chi connectivity index (χ3v) is 6.38. The molecule has 1 aromatic heterocycles. The summed E-state index contributed by atoms with van der Waals surface area (Å²) in [5, 5.41) is 12.3. The molecule has 4 rings (SSSR count). The summed E-state index contributed by atoms with van der Waals surface area (Å²) in [7, 11) is 0. The number of amides is 1. The Morgan fingerprint density at radius 1 is 1.15 bits per heavy atom. The zero-order valence-corrected chi connectivity index (χ0v) is 19.8. The van der Waals surface area contributed by atoms with Gasteiger partial charge in [-0.25, -0.2) is 9.79 Å². The molecule has 0 radical (unpaired) electrons. The molecule has 0 aliphatic carbocycles. The minimum Gasteiger partial charge on any atom is -0.506 e. The summed E-state index contributed by atoms with van der Waals surface area (Å²) in [5.41, 5.74) is 8.98. The molecule has 0 unspecified atom stereocenters. The van der Waals surface area contributed by atoms with Crippen molar-refractivity contribution in [2.24, 2.45) is 10.7 Å². The number of fused-ring (bicyclic) bond motifs is 1. The Kier molecular flexibility index (Phi) is 6.88. The van der Waals surface area contributed by atoms with Gasteiger partial charge in [-0.05, 0) is 37.1 Å². The van der Waals surface area contributed by atoms with Crippen LogP contribution in [-0.4, -0.2) is 33.2 Å². The number of hydrogen-bond donors (Lipinski definition) is 2. The number of aliphatic hydroxyl groups excluding tert-OH is 1. The normalized spacial score (nSPS) is 16.1. The second kappa shape index (κ2) is 10.0. The molecule has 174 valence electrons. The molecule has 34 heavy (non-hydrogen) atoms. The first kappa shape index (κ1) is 23.4. The average molecular weight is 476 g/mol. The molecule has 1 aliphatic heterocycles. The molecular formula is C26H25N3O4S. The van der Waals surface area contributed by atoms with Crippen molar-refractivity contribution in [3.8, 4) is 0 Å². The fraction of sp³-hybridized carbons (Fsp3) is 0.192. The summed E-state index contributed by atoms with van der Waals surface area (Å²) in [4.78, 5) is 29.4. The SMILES string of the molecule is CCOC(=O)C1=C(O)/C(=C/c2cn(CC(N)=O)c3c(CC)cccc23)SC1=Nc1ccccc1. The van der Waals surface area contributed by atoms with E-state index in [9.17, 15) is 14.7 Å². The lowest BCUT2D eigenvalue weighted by Gasteiger charge is -2.06. The van der Waals surface area contributed by atoms with Crippen LogP contribution in [0.4, 0.5) is 5.69 Å². The number of aliphatic hydroxyl groups is 1. The number of aromatic nitrogens is 1. The first-order valence-corrected chi connectivity index (χ1v) is 11.8. The number of rotatable bonds is 7. The largest absolute Gasteiger partial charge is 0.506 e. The van der Waals surface area contributed by atoms with Crippen LogP contribution in [-0.2, 0) is 27.3 Å². The van der Waals surface area contributed by atoms with Crippen LogP contribution in [0.3, 0.4) is 0 Å². The lowest BCUT2D eigenvalue weighted by molar-refractivity contribution is -0.138. The third-order valence-electron chi connectivity index (χ3n) is 5.36. The predicted octanol–water partition coefficient (Wildman–Crippen LogP) is 4.88. The Bertz CT molecular complexity index is 1350. The summed E-state index contributed by atoms with van der Waals surface area (Å²) < 4.78 is 7.01. The molecule has 2 aromatic carbocycles. The van der Waals surface area contributed by atoms with Gasteiger partial charge in [0.05, 0.1) is 22.7 Å². The molecule has 8 heteroatoms. The second-order valence-electron chi connectivity index (χ2n) is 7.65. The fourth-order valence-corrected chi connectivity index (χ4v) is 4.94. The number of carbonyl (C=O) groups excluding carboxylic acids is 2. The van der Waals surface area contributed by atoms with E-state index in [-0.39, 0.29) is 24.5 Å². The number of thioether (sulfide) groups is 1. The third kappa shape index (κ3) is 4.63. The van der Waals surface area contributed by atoms with Crippen LogP contribution in [0, 0.1) is 0 Å². The minimum absolute atomic E-state index is 0.0390. The van der Waals surface area contributed by atoms with E-state index in [4.69, 9.17) is 10.5 Å². The zero-order valence-electron chi connectivity index (χ0n) is 18.9. The van der Waals surface area contributed by atoms with Gasteiger partial charge < -0.3 is 20.1 Å². The molecule has 3 N–H and O–H groups in total. The second-order valence-corrected chi connectivity index (χ2v) is 8.68. The van der Waals surface area contributed by atoms with Crippen LogP contribution in [0.5, 0.6) is 0 Å². The number of ether oxygens (including phenoxy) is 1. The highest BCUT2D eigenvalue weighted by atomic mass is 32.2. The van der Waals surface area contributed by atoms with Crippen LogP contribution in [0.15, 0.2) is 76.0 Å². The van der Waals surface area contributed by atoms with E-state index in [0.29, 0.717) is 15.6 Å². The van der Waals surface area contributed by atoms with Gasteiger partial charge in [0.15, 0.2) is 0 Å². The Balaban J connectivity index is 1.85. The van der Waals surface area contributed by atoms with Crippen molar-refractivity contribution in [2.45, 2.75) is 26.8 Å². The summed E-state index contributed by atoms with van der Waals surface area (Å²) in [6, 6.07) is 15.2. The van der Waals surface area contributed by atoms with Crippen molar-refractivity contribution in [3.63, 3.8) is 0 Å². The van der Waals surface area contributed by atoms with E-state index < -0.39 is 11.9 Å². The lowest BCUT2D eigenvalue weighted by atomic mass is 10.1. The van der Waals surface area contributed by atoms with Gasteiger partial charge in [-0.3, -0.25) is 4.79 Å². The monoisotopic (exact) mass is 475 g/mol. The van der Waals surface area contributed by atoms with Crippen molar-refractivity contribution in [1.29, 1.82) is 0 Å². The van der Waals surface area contributed by atoms with E-state index in [1.54, 1.807) is 13.0 Å². The van der Waals surface area contributed by atoms with Crippen molar-refractivity contribution in [1.82, 2.24) is 4.57 Å². The Morgan fingerprint density at radius 2 is 1.91 bits per heavy atom. The number of primary amides is 1. The lowest BCUT2D eigenvalue weighted by Crippen LogP contribution is -2.18. The Labute approximate surface area is 201 Å². The van der Waals surface area contributed by atoms with Gasteiger partial charge in [-0.2, -0.15) is 0 Å². The number of hydrogen-bond acceptors (Lipinski definition) is 6. The molecule has 0 saturated heterocycles. The summed E-state index contributed by atoms with van der Waals surface area (Å²) in [6.07, 6.45) is 4.43. The maximum absolute atomic E-state index is 12.7. The van der Waals surface area contributed by atoms with Gasteiger partial charge >= 0.3 is 5.97 Å². The number of carbonyl (C=O) groups is 2. The van der Waals surface area contributed by atoms with Gasteiger partial charge in [0.1, 0.15) is 22.9 Å². The van der Waals surface area contributed by atoms with E-state index in [1.807, 2.05) is 66.2 Å². The van der Waals surface area contributed by atoms with Crippen LogP contribution >= 0.6 is 11.8 Å². The number of esters is 1. The molecule has 2 heterocycles. The predicted molar refractivity (Wildman–Crippen MR) is 136 cm³/mol. The smallest absolute Gasteiger partial charge is 0.344 e. The number of nitrogens with zero attached hydrogens (tertiary/aromatic N) is 2. The van der Waals surface area contributed by atoms with Crippen LogP contribution in [0.2, 0.25) is 0 Å². The molecule has 0 atom stereocenters. The molecule has 0 bridgehead atoms. The highest BCUT2D eigenvalue weighted by molar-refractivity contribution is 8.18. The molecule has 7 nitrogen and oxygen atoms in total. The fourth-order valence-electron chi connectivity index (χ4n) is 3.91. The molecule has 3 aromatic rings. The number of benzene rings is 2. The minimum atomic E-state index is -0.630. The maximum Gasteiger partial charge on any atom is 0.344 e. The number of nitrogens with two attached hydrogens (primary N) is 1. The molecule has 1 aliphatic rings. The van der Waals surface area contributed by atoms with Gasteiger partial charge in [0.25, 0.3) is 0 Å². The molecule has 0 fully saturated rings. The van der Waals surface area contributed by atoms with Gasteiger partial charge in [0, 0.05) is 17.1 Å². The number of para-hydroxylation sites is 2. The van der Waals surface area contributed by atoms with E-state index >= 15 is 0 Å². The topological polar surface area (TPSA) is 107 Å². The van der Waals surface area contributed by atoms with E-state index in [1.165, 1.54) is 11.8 Å². The zero-order chi connectivity index (χ0) is 24.2. The van der Waals surface area contributed by atoms with Crippen molar-refractivity contribution < 1.29 is 19.4 Å². The summed E-state index contributed by atoms with van der Waals surface area (Å²) >= 11 is 1.20. The Morgan fingerprint density at radius 3 is 2.59 bits per heavy atom. The van der Waals surface area contributed by atoms with Crippen molar-refractivity contribution >= 4 is 51.3 Å². The standard InChI is InChI=1S/C26H25N3O4S/c1-3-16-9-8-12-19-17(14-29(23(16)19)15-21(27)30)13-20-24(31)22(26(32)33-4-2)25(34-20)28-18-10-6-5-7-11-18/h5-14,31H,3-4,15H2,1-2H3,(H2,27,30)/b20-13-,28-25?. The quantitative estimate of drug-likeness (QED) is 0.474. The maximum atomic E-state index is 12.7. The van der Waals surface area contributed by atoms with Crippen molar-refractivity contribution in [3.05, 3.63) is 82.1 Å². The molecule has 0 saturated carbocycles. The summed E-state index contributed by atoms with van der Waals surface area (Å²) in [5.74, 6) is -1.25. The molecular weight excluding hydrogens is 450 g/mol. The van der Waals surface area contributed by atoms with Gasteiger partial charge in [-0.15, -0.1) is 0 Å². The van der Waals surface area contributed by atoms with Crippen molar-refractivity contribution in [2.75, 3.05) is 6.61 Å². The first-order valence-electron chi connectivity index (χ1n) is 11.0. The number of aryl methyl sites for hydroxylation is 1.